The van der Waals surface area contributed by atoms with Gasteiger partial charge in [0, 0.05) is 66.9 Å². The number of aliphatic hydroxyl groups excluding tert-OH is 3. The molecular weight excluding hydrogens is 691 g/mol. The molecule has 4 N–H and O–H groups in total. The summed E-state index contributed by atoms with van der Waals surface area (Å²) >= 11 is 13.7. The maximum absolute atomic E-state index is 9.78. The molecule has 2 heterocycles. The Hall–Kier alpha value is -3.92. The number of aliphatic hydroxyl groups is 3. The molecule has 1 fully saturated rings. The van der Waals surface area contributed by atoms with Crippen LogP contribution in [-0.4, -0.2) is 76.3 Å². The quantitative estimate of drug-likeness (QED) is 0.0947. The van der Waals surface area contributed by atoms with Crippen molar-refractivity contribution >= 4 is 23.2 Å². The molecule has 1 aliphatic rings. The van der Waals surface area contributed by atoms with Crippen molar-refractivity contribution in [1.82, 2.24) is 15.2 Å². The second kappa shape index (κ2) is 18.0. The third-order valence-electron chi connectivity index (χ3n) is 9.00. The highest BCUT2D eigenvalue weighted by Crippen LogP contribution is 2.38. The minimum Gasteiger partial charge on any atom is -0.493 e. The van der Waals surface area contributed by atoms with E-state index in [9.17, 15) is 20.6 Å². The predicted molar refractivity (Wildman–Crippen MR) is 197 cm³/mol. The molecule has 0 aliphatic carbocycles. The SMILES string of the molecule is Cc1c(OCCCN2CC[C@@H](O)C2)cccc1-c1cccc(COc2cc(OCc3cncc(C#N)c3)c(CNC(C)(CO)CO)cc2Cl)c1Cl. The van der Waals surface area contributed by atoms with Crippen LogP contribution in [0.5, 0.6) is 17.2 Å². The lowest BCUT2D eigenvalue weighted by molar-refractivity contribution is 0.103. The van der Waals surface area contributed by atoms with Crippen molar-refractivity contribution in [3.63, 3.8) is 0 Å². The fraction of sp³-hybridized carbons (Fsp3) is 0.385. The number of hydrogen-bond donors (Lipinski definition) is 4. The van der Waals surface area contributed by atoms with Crippen LogP contribution < -0.4 is 19.5 Å². The number of hydrogen-bond acceptors (Lipinski definition) is 10. The lowest BCUT2D eigenvalue weighted by Crippen LogP contribution is -2.48. The summed E-state index contributed by atoms with van der Waals surface area (Å²) in [7, 11) is 0. The van der Waals surface area contributed by atoms with E-state index in [0.717, 1.165) is 60.5 Å². The Morgan fingerprint density at radius 3 is 2.47 bits per heavy atom. The summed E-state index contributed by atoms with van der Waals surface area (Å²) in [6.07, 6.45) is 4.58. The molecule has 0 bridgehead atoms. The van der Waals surface area contributed by atoms with Gasteiger partial charge in [-0.25, -0.2) is 0 Å². The third-order valence-corrected chi connectivity index (χ3v) is 9.74. The van der Waals surface area contributed by atoms with Gasteiger partial charge in [-0.1, -0.05) is 53.5 Å². The van der Waals surface area contributed by atoms with Crippen molar-refractivity contribution in [2.75, 3.05) is 39.5 Å². The average molecular weight is 736 g/mol. The molecule has 0 spiro atoms. The molecule has 5 rings (SSSR count). The van der Waals surface area contributed by atoms with Gasteiger partial charge >= 0.3 is 0 Å². The Labute approximate surface area is 309 Å². The van der Waals surface area contributed by atoms with E-state index in [1.165, 1.54) is 6.20 Å². The highest BCUT2D eigenvalue weighted by molar-refractivity contribution is 6.34. The number of rotatable bonds is 17. The monoisotopic (exact) mass is 734 g/mol. The Balaban J connectivity index is 1.31. The van der Waals surface area contributed by atoms with Gasteiger partial charge in [0.25, 0.3) is 0 Å². The van der Waals surface area contributed by atoms with Crippen LogP contribution in [0.25, 0.3) is 11.1 Å². The number of nitrogens with zero attached hydrogens (tertiary/aromatic N) is 3. The molecular formula is C39H44Cl2N4O6. The number of likely N-dealkylation sites (tertiary alicyclic amines) is 1. The Morgan fingerprint density at radius 2 is 1.73 bits per heavy atom. The second-order valence-corrected chi connectivity index (χ2v) is 13.8. The van der Waals surface area contributed by atoms with E-state index in [4.69, 9.17) is 37.4 Å². The maximum Gasteiger partial charge on any atom is 0.142 e. The summed E-state index contributed by atoms with van der Waals surface area (Å²) in [6, 6.07) is 19.0. The summed E-state index contributed by atoms with van der Waals surface area (Å²) in [4.78, 5) is 6.37. The van der Waals surface area contributed by atoms with E-state index in [2.05, 4.69) is 21.3 Å². The van der Waals surface area contributed by atoms with E-state index < -0.39 is 5.54 Å². The number of ether oxygens (including phenoxy) is 3. The molecule has 270 valence electrons. The van der Waals surface area contributed by atoms with E-state index in [-0.39, 0.29) is 39.1 Å². The molecule has 1 aromatic heterocycles. The van der Waals surface area contributed by atoms with Crippen molar-refractivity contribution in [2.24, 2.45) is 0 Å². The van der Waals surface area contributed by atoms with E-state index in [1.807, 2.05) is 43.3 Å². The maximum atomic E-state index is 9.78. The lowest BCUT2D eigenvalue weighted by atomic mass is 9.98. The van der Waals surface area contributed by atoms with Gasteiger partial charge < -0.3 is 39.7 Å². The fourth-order valence-electron chi connectivity index (χ4n) is 5.82. The summed E-state index contributed by atoms with van der Waals surface area (Å²) in [6.45, 7) is 6.79. The van der Waals surface area contributed by atoms with E-state index >= 15 is 0 Å². The lowest BCUT2D eigenvalue weighted by Gasteiger charge is -2.27. The van der Waals surface area contributed by atoms with Crippen LogP contribution in [0.1, 0.15) is 47.6 Å². The molecule has 0 amide bonds. The van der Waals surface area contributed by atoms with Crippen LogP contribution in [-0.2, 0) is 19.8 Å². The molecule has 4 aromatic rings. The molecule has 0 saturated carbocycles. The van der Waals surface area contributed by atoms with E-state index in [0.29, 0.717) is 44.8 Å². The zero-order chi connectivity index (χ0) is 36.4. The normalized spacial score (nSPS) is 14.7. The zero-order valence-corrected chi connectivity index (χ0v) is 30.4. The number of nitriles is 1. The van der Waals surface area contributed by atoms with Crippen molar-refractivity contribution in [2.45, 2.75) is 58.1 Å². The number of benzene rings is 3. The van der Waals surface area contributed by atoms with Gasteiger partial charge in [0.05, 0.1) is 47.1 Å². The van der Waals surface area contributed by atoms with Crippen LogP contribution in [0.3, 0.4) is 0 Å². The van der Waals surface area contributed by atoms with Crippen molar-refractivity contribution in [1.29, 1.82) is 5.26 Å². The first kappa shape index (κ1) is 38.3. The largest absolute Gasteiger partial charge is 0.493 e. The number of β-amino-alcohol motifs (C(OH)–C–C–N with tert-alkyl or cyclic N) is 1. The standard InChI is InChI=1S/C39H44Cl2N4O6/c1-26-32(7-4-9-35(26)49-13-5-11-45-12-10-31(48)21-45)33-8-3-6-29(38(33)41)23-51-37-16-36(50-22-28-14-27(17-42)18-43-19-28)30(15-34(37)40)20-44-39(2,24-46)25-47/h3-4,6-9,14-16,18-19,31,44,46-48H,5,10-13,20-25H2,1-2H3/t31-/m1/s1. The molecule has 12 heteroatoms. The summed E-state index contributed by atoms with van der Waals surface area (Å²) in [5.41, 5.74) is 4.44. The molecule has 1 saturated heterocycles. The second-order valence-electron chi connectivity index (χ2n) is 13.0. The van der Waals surface area contributed by atoms with Crippen molar-refractivity contribution in [3.05, 3.63) is 105 Å². The first-order chi connectivity index (χ1) is 24.6. The van der Waals surface area contributed by atoms with Crippen LogP contribution in [0, 0.1) is 18.3 Å². The average Bonchev–Trinajstić information content (AvgIpc) is 3.57. The molecule has 10 nitrogen and oxygen atoms in total. The van der Waals surface area contributed by atoms with Gasteiger partial charge in [-0.05, 0) is 56.0 Å². The van der Waals surface area contributed by atoms with Crippen LogP contribution in [0.15, 0.2) is 67.0 Å². The summed E-state index contributed by atoms with van der Waals surface area (Å²) in [5.74, 6) is 1.64. The molecule has 0 unspecified atom stereocenters. The molecule has 0 radical (unpaired) electrons. The number of aromatic nitrogens is 1. The highest BCUT2D eigenvalue weighted by atomic mass is 35.5. The Kier molecular flexibility index (Phi) is 13.5. The number of nitrogens with one attached hydrogen (secondary N) is 1. The summed E-state index contributed by atoms with van der Waals surface area (Å²) < 4.78 is 18.6. The van der Waals surface area contributed by atoms with Crippen LogP contribution >= 0.6 is 23.2 Å². The van der Waals surface area contributed by atoms with Gasteiger partial charge in [-0.15, -0.1) is 0 Å². The smallest absolute Gasteiger partial charge is 0.142 e. The van der Waals surface area contributed by atoms with E-state index in [1.54, 1.807) is 31.3 Å². The minimum atomic E-state index is -0.922. The van der Waals surface area contributed by atoms with Gasteiger partial charge in [0.1, 0.15) is 36.5 Å². The molecule has 51 heavy (non-hydrogen) atoms. The minimum absolute atomic E-state index is 0.130. The number of pyridine rings is 1. The van der Waals surface area contributed by atoms with Crippen LogP contribution in [0.4, 0.5) is 0 Å². The fourth-order valence-corrected chi connectivity index (χ4v) is 6.34. The number of halogens is 2. The Morgan fingerprint density at radius 1 is 0.961 bits per heavy atom. The van der Waals surface area contributed by atoms with Gasteiger partial charge in [-0.2, -0.15) is 5.26 Å². The zero-order valence-electron chi connectivity index (χ0n) is 28.9. The van der Waals surface area contributed by atoms with Crippen LogP contribution in [0.2, 0.25) is 10.0 Å². The topological polar surface area (TPSA) is 140 Å². The molecule has 1 aliphatic heterocycles. The first-order valence-corrected chi connectivity index (χ1v) is 17.7. The molecule has 1 atom stereocenters. The Bertz CT molecular complexity index is 1830. The van der Waals surface area contributed by atoms with Crippen molar-refractivity contribution in [3.8, 4) is 34.4 Å². The predicted octanol–water partition coefficient (Wildman–Crippen LogP) is 6.06. The van der Waals surface area contributed by atoms with Gasteiger partial charge in [-0.3, -0.25) is 4.98 Å². The van der Waals surface area contributed by atoms with Gasteiger partial charge in [0.2, 0.25) is 0 Å². The third kappa shape index (κ3) is 10.1. The van der Waals surface area contributed by atoms with Crippen molar-refractivity contribution < 1.29 is 29.5 Å². The first-order valence-electron chi connectivity index (χ1n) is 16.9. The van der Waals surface area contributed by atoms with Gasteiger partial charge in [0.15, 0.2) is 0 Å². The molecule has 3 aromatic carbocycles. The summed E-state index contributed by atoms with van der Waals surface area (Å²) in [5, 5.41) is 42.7. The highest BCUT2D eigenvalue weighted by Gasteiger charge is 2.23.